The van der Waals surface area contributed by atoms with Crippen molar-refractivity contribution in [2.45, 2.75) is 6.61 Å². The van der Waals surface area contributed by atoms with Crippen LogP contribution in [0.3, 0.4) is 0 Å². The van der Waals surface area contributed by atoms with Crippen LogP contribution in [-0.2, 0) is 16.1 Å². The Morgan fingerprint density at radius 3 is 2.48 bits per heavy atom. The molecular weight excluding hydrogens is 465 g/mol. The highest BCUT2D eigenvalue weighted by Crippen LogP contribution is 2.30. The molecule has 1 aliphatic rings. The van der Waals surface area contributed by atoms with Gasteiger partial charge in [0.25, 0.3) is 0 Å². The molecule has 0 unspecified atom stereocenters. The maximum Gasteiger partial charge on any atom is 0.363 e. The zero-order valence-corrected chi connectivity index (χ0v) is 18.1. The number of benzene rings is 3. The topological polar surface area (TPSA) is 57.1 Å². The Balaban J connectivity index is 1.52. The molecule has 0 atom stereocenters. The second-order valence-corrected chi connectivity index (χ2v) is 7.58. The zero-order valence-electron chi connectivity index (χ0n) is 16.5. The van der Waals surface area contributed by atoms with Gasteiger partial charge in [0.1, 0.15) is 12.4 Å². The number of aliphatic imine (C=N–C) groups is 1. The Hall–Kier alpha value is -3.45. The molecule has 1 aliphatic heterocycles. The van der Waals surface area contributed by atoms with E-state index in [-0.39, 0.29) is 24.0 Å². The molecule has 0 saturated heterocycles. The summed E-state index contributed by atoms with van der Waals surface area (Å²) in [5, 5.41) is 0. The lowest BCUT2D eigenvalue weighted by Crippen LogP contribution is -2.05. The molecule has 1 heterocycles. The minimum absolute atomic E-state index is 0.194. The van der Waals surface area contributed by atoms with Crippen molar-refractivity contribution in [2.24, 2.45) is 4.99 Å². The highest BCUT2D eigenvalue weighted by atomic mass is 79.9. The predicted octanol–water partition coefficient (Wildman–Crippen LogP) is 5.52. The molecule has 3 aromatic rings. The SMILES string of the molecule is COc1cc(/C=C2\N=C(c3ccc(Br)cc3)OC2=O)ccc1OCc1ccc(F)cc1. The molecule has 0 N–H and O–H groups in total. The van der Waals surface area contributed by atoms with Gasteiger partial charge in [0.15, 0.2) is 17.2 Å². The molecule has 31 heavy (non-hydrogen) atoms. The van der Waals surface area contributed by atoms with Crippen molar-refractivity contribution in [3.05, 3.63) is 99.4 Å². The van der Waals surface area contributed by atoms with E-state index in [0.717, 1.165) is 10.0 Å². The highest BCUT2D eigenvalue weighted by Gasteiger charge is 2.24. The van der Waals surface area contributed by atoms with E-state index in [9.17, 15) is 9.18 Å². The summed E-state index contributed by atoms with van der Waals surface area (Å²) in [6.07, 6.45) is 1.63. The molecule has 0 aliphatic carbocycles. The van der Waals surface area contributed by atoms with Gasteiger partial charge >= 0.3 is 5.97 Å². The van der Waals surface area contributed by atoms with Crippen LogP contribution >= 0.6 is 15.9 Å². The molecule has 0 radical (unpaired) electrons. The Kier molecular flexibility index (Phi) is 6.13. The first-order valence-electron chi connectivity index (χ1n) is 9.35. The number of nitrogens with zero attached hydrogens (tertiary/aromatic N) is 1. The Labute approximate surface area is 186 Å². The van der Waals surface area contributed by atoms with Gasteiger partial charge < -0.3 is 14.2 Å². The van der Waals surface area contributed by atoms with Gasteiger partial charge in [-0.3, -0.25) is 0 Å². The third-order valence-electron chi connectivity index (χ3n) is 4.51. The first kappa shape index (κ1) is 20.8. The Bertz CT molecular complexity index is 1170. The van der Waals surface area contributed by atoms with Crippen LogP contribution in [0.2, 0.25) is 0 Å². The second-order valence-electron chi connectivity index (χ2n) is 6.67. The van der Waals surface area contributed by atoms with E-state index >= 15 is 0 Å². The van der Waals surface area contributed by atoms with E-state index in [4.69, 9.17) is 14.2 Å². The molecule has 7 heteroatoms. The normalized spacial score (nSPS) is 14.4. The van der Waals surface area contributed by atoms with Crippen molar-refractivity contribution >= 4 is 33.9 Å². The fourth-order valence-corrected chi connectivity index (χ4v) is 3.18. The summed E-state index contributed by atoms with van der Waals surface area (Å²) >= 11 is 3.37. The summed E-state index contributed by atoms with van der Waals surface area (Å²) < 4.78 is 30.5. The lowest BCUT2D eigenvalue weighted by molar-refractivity contribution is -0.129. The smallest absolute Gasteiger partial charge is 0.363 e. The maximum atomic E-state index is 13.0. The largest absolute Gasteiger partial charge is 0.493 e. The number of carbonyl (C=O) groups is 1. The van der Waals surface area contributed by atoms with E-state index in [0.29, 0.717) is 22.6 Å². The lowest BCUT2D eigenvalue weighted by Gasteiger charge is -2.11. The van der Waals surface area contributed by atoms with E-state index < -0.39 is 5.97 Å². The van der Waals surface area contributed by atoms with E-state index in [1.54, 1.807) is 36.4 Å². The quantitative estimate of drug-likeness (QED) is 0.343. The van der Waals surface area contributed by atoms with Crippen molar-refractivity contribution in [1.29, 1.82) is 0 Å². The third kappa shape index (κ3) is 5.00. The summed E-state index contributed by atoms with van der Waals surface area (Å²) in [5.41, 5.74) is 2.44. The molecule has 0 spiro atoms. The molecule has 0 aromatic heterocycles. The first-order valence-corrected chi connectivity index (χ1v) is 10.1. The van der Waals surface area contributed by atoms with Crippen LogP contribution in [0, 0.1) is 5.82 Å². The summed E-state index contributed by atoms with van der Waals surface area (Å²) in [6, 6.07) is 18.7. The van der Waals surface area contributed by atoms with Gasteiger partial charge in [-0.05, 0) is 65.7 Å². The molecule has 0 saturated carbocycles. The fraction of sp³-hybridized carbons (Fsp3) is 0.0833. The average Bonchev–Trinajstić information content (AvgIpc) is 3.14. The summed E-state index contributed by atoms with van der Waals surface area (Å²) in [7, 11) is 1.53. The van der Waals surface area contributed by atoms with E-state index in [1.165, 1.54) is 19.2 Å². The first-order chi connectivity index (χ1) is 15.0. The Morgan fingerprint density at radius 2 is 1.77 bits per heavy atom. The second kappa shape index (κ2) is 9.14. The van der Waals surface area contributed by atoms with Crippen LogP contribution in [0.1, 0.15) is 16.7 Å². The molecule has 3 aromatic carbocycles. The van der Waals surface area contributed by atoms with Crippen molar-refractivity contribution in [3.63, 3.8) is 0 Å². The van der Waals surface area contributed by atoms with Crippen LogP contribution in [0.15, 0.2) is 81.9 Å². The van der Waals surface area contributed by atoms with Gasteiger partial charge in [0, 0.05) is 10.0 Å². The third-order valence-corrected chi connectivity index (χ3v) is 5.04. The highest BCUT2D eigenvalue weighted by molar-refractivity contribution is 9.10. The van der Waals surface area contributed by atoms with Gasteiger partial charge in [0.05, 0.1) is 7.11 Å². The minimum Gasteiger partial charge on any atom is -0.493 e. The molecule has 0 fully saturated rings. The standard InChI is InChI=1S/C24H17BrFNO4/c1-29-22-13-16(4-11-21(22)30-14-15-2-9-19(26)10-3-15)12-20-24(28)31-23(27-20)17-5-7-18(25)8-6-17/h2-13H,14H2,1H3/b20-12-. The summed E-state index contributed by atoms with van der Waals surface area (Å²) in [4.78, 5) is 16.6. The predicted molar refractivity (Wildman–Crippen MR) is 118 cm³/mol. The number of ether oxygens (including phenoxy) is 3. The van der Waals surface area contributed by atoms with Crippen LogP contribution in [0.25, 0.3) is 6.08 Å². The van der Waals surface area contributed by atoms with Crippen LogP contribution in [-0.4, -0.2) is 19.0 Å². The van der Waals surface area contributed by atoms with Gasteiger partial charge in [-0.1, -0.05) is 34.1 Å². The minimum atomic E-state index is -0.520. The molecule has 4 rings (SSSR count). The van der Waals surface area contributed by atoms with Crippen molar-refractivity contribution in [3.8, 4) is 11.5 Å². The summed E-state index contributed by atoms with van der Waals surface area (Å²) in [6.45, 7) is 0.268. The number of halogens is 2. The molecule has 5 nitrogen and oxygen atoms in total. The zero-order chi connectivity index (χ0) is 21.8. The summed E-state index contributed by atoms with van der Waals surface area (Å²) in [5.74, 6) is 0.473. The molecule has 156 valence electrons. The van der Waals surface area contributed by atoms with Gasteiger partial charge in [0.2, 0.25) is 5.90 Å². The van der Waals surface area contributed by atoms with Crippen molar-refractivity contribution in [1.82, 2.24) is 0 Å². The number of esters is 1. The average molecular weight is 482 g/mol. The lowest BCUT2D eigenvalue weighted by atomic mass is 10.1. The number of cyclic esters (lactones) is 1. The number of hydrogen-bond donors (Lipinski definition) is 0. The fourth-order valence-electron chi connectivity index (χ4n) is 2.92. The molecular formula is C24H17BrFNO4. The maximum absolute atomic E-state index is 13.0. The van der Waals surface area contributed by atoms with E-state index in [2.05, 4.69) is 20.9 Å². The van der Waals surface area contributed by atoms with Crippen molar-refractivity contribution in [2.75, 3.05) is 7.11 Å². The van der Waals surface area contributed by atoms with Crippen LogP contribution < -0.4 is 9.47 Å². The number of carbonyl (C=O) groups excluding carboxylic acids is 1. The molecule has 0 bridgehead atoms. The number of rotatable bonds is 6. The van der Waals surface area contributed by atoms with Crippen molar-refractivity contribution < 1.29 is 23.4 Å². The number of hydrogen-bond acceptors (Lipinski definition) is 5. The van der Waals surface area contributed by atoms with Gasteiger partial charge in [-0.15, -0.1) is 0 Å². The monoisotopic (exact) mass is 481 g/mol. The van der Waals surface area contributed by atoms with Crippen LogP contribution in [0.5, 0.6) is 11.5 Å². The van der Waals surface area contributed by atoms with Gasteiger partial charge in [-0.2, -0.15) is 0 Å². The van der Waals surface area contributed by atoms with Gasteiger partial charge in [-0.25, -0.2) is 14.2 Å². The Morgan fingerprint density at radius 1 is 1.03 bits per heavy atom. The molecule has 0 amide bonds. The van der Waals surface area contributed by atoms with E-state index in [1.807, 2.05) is 24.3 Å². The van der Waals surface area contributed by atoms with Crippen LogP contribution in [0.4, 0.5) is 4.39 Å². The number of methoxy groups -OCH3 is 1.